The molecule has 0 radical (unpaired) electrons. The summed E-state index contributed by atoms with van der Waals surface area (Å²) in [4.78, 5) is 19.5. The van der Waals surface area contributed by atoms with E-state index in [4.69, 9.17) is 0 Å². The second kappa shape index (κ2) is 7.08. The first kappa shape index (κ1) is 12.6. The Morgan fingerprint density at radius 2 is 2.08 bits per heavy atom. The van der Waals surface area contributed by atoms with Crippen LogP contribution in [0.4, 0.5) is 0 Å². The third kappa shape index (κ3) is 3.90. The van der Waals surface area contributed by atoms with Gasteiger partial charge in [0.1, 0.15) is 0 Å². The molecule has 0 aromatic rings. The fraction of sp³-hybridized carbons (Fsp3) is 0.429. The minimum Gasteiger partial charge on any atom is -0.463 e. The monoisotopic (exact) mass is 426 g/mol. The molecule has 12 heavy (non-hydrogen) atoms. The SMILES string of the molecule is [CH2-]C/C=C(\OOC)C(=O)OC.[Rf]. The zero-order valence-corrected chi connectivity index (χ0v) is 13.7. The molecule has 0 atom stereocenters. The Morgan fingerprint density at radius 3 is 2.42 bits per heavy atom. The van der Waals surface area contributed by atoms with E-state index < -0.39 is 5.97 Å². The van der Waals surface area contributed by atoms with Gasteiger partial charge in [-0.2, -0.15) is 11.3 Å². The van der Waals surface area contributed by atoms with E-state index in [9.17, 15) is 4.79 Å². The van der Waals surface area contributed by atoms with E-state index in [1.165, 1.54) is 20.3 Å². The molecule has 0 rings (SSSR count). The predicted molar refractivity (Wildman–Crippen MR) is 38.2 cm³/mol. The van der Waals surface area contributed by atoms with Crippen LogP contribution in [-0.4, -0.2) is 20.2 Å². The van der Waals surface area contributed by atoms with Gasteiger partial charge in [0.05, 0.1) is 14.2 Å². The van der Waals surface area contributed by atoms with E-state index in [2.05, 4.69) is 21.4 Å². The Morgan fingerprint density at radius 1 is 1.50 bits per heavy atom. The van der Waals surface area contributed by atoms with Crippen LogP contribution in [0.25, 0.3) is 0 Å². The van der Waals surface area contributed by atoms with Gasteiger partial charge in [-0.1, -0.05) is 6.08 Å². The van der Waals surface area contributed by atoms with Crippen molar-refractivity contribution in [2.24, 2.45) is 0 Å². The molecule has 0 aliphatic carbocycles. The van der Waals surface area contributed by atoms with Crippen LogP contribution in [0.5, 0.6) is 0 Å². The Bertz CT molecular complexity index is 155. The Balaban J connectivity index is 0. The number of rotatable bonds is 4. The van der Waals surface area contributed by atoms with Crippen LogP contribution >= 0.6 is 0 Å². The van der Waals surface area contributed by atoms with Gasteiger partial charge in [-0.05, 0) is 0 Å². The molecular weight excluding hydrogens is 415 g/mol. The summed E-state index contributed by atoms with van der Waals surface area (Å²) in [6, 6.07) is 0. The van der Waals surface area contributed by atoms with Crippen LogP contribution in [0.2, 0.25) is 0 Å². The number of methoxy groups -OCH3 is 1. The van der Waals surface area contributed by atoms with Gasteiger partial charge in [0.15, 0.2) is 0 Å². The zero-order valence-electron chi connectivity index (χ0n) is 7.33. The van der Waals surface area contributed by atoms with Crippen LogP contribution in [-0.2, 0) is 19.3 Å². The maximum absolute atomic E-state index is 10.8. The standard InChI is InChI=1S/C7H11O4.Rf/c1-4-5-6(11-10-3)7(8)9-2;/h5H,1,4H2,2-3H3;/q-1;/b6-5-;. The van der Waals surface area contributed by atoms with Crippen molar-refractivity contribution < 1.29 is 19.3 Å². The van der Waals surface area contributed by atoms with Crippen molar-refractivity contribution in [2.45, 2.75) is 6.42 Å². The normalized spacial score (nSPS) is 10.1. The van der Waals surface area contributed by atoms with Gasteiger partial charge in [0.2, 0.25) is 5.76 Å². The van der Waals surface area contributed by atoms with E-state index in [1.807, 2.05) is 0 Å². The first-order valence-electron chi connectivity index (χ1n) is 3.04. The number of esters is 1. The van der Waals surface area contributed by atoms with E-state index in [0.717, 1.165) is 0 Å². The molecule has 0 bridgehead atoms. The number of hydrogen-bond donors (Lipinski definition) is 0. The number of ether oxygens (including phenoxy) is 1. The van der Waals surface area contributed by atoms with E-state index in [-0.39, 0.29) is 5.76 Å². The number of hydrogen-bond acceptors (Lipinski definition) is 4. The maximum Gasteiger partial charge on any atom is 0.377 e. The van der Waals surface area contributed by atoms with Crippen LogP contribution in [0.1, 0.15) is 6.42 Å². The third-order valence-electron chi connectivity index (χ3n) is 0.889. The van der Waals surface area contributed by atoms with E-state index in [0.29, 0.717) is 6.42 Å². The van der Waals surface area contributed by atoms with Crippen molar-refractivity contribution in [2.75, 3.05) is 14.2 Å². The summed E-state index contributed by atoms with van der Waals surface area (Å²) in [5, 5.41) is 0. The molecule has 5 heteroatoms. The Kier molecular flexibility index (Phi) is 7.45. The molecule has 0 saturated carbocycles. The average molecular weight is 426 g/mol. The Labute approximate surface area is 65.7 Å². The van der Waals surface area contributed by atoms with Gasteiger partial charge in [-0.3, -0.25) is 0 Å². The number of carbonyl (C=O) groups is 1. The topological polar surface area (TPSA) is 44.8 Å². The molecule has 0 spiro atoms. The summed E-state index contributed by atoms with van der Waals surface area (Å²) >= 11 is 0. The Hall–Kier alpha value is -2.03. The van der Waals surface area contributed by atoms with Crippen LogP contribution in [0, 0.1) is 6.92 Å². The van der Waals surface area contributed by atoms with Crippen LogP contribution < -0.4 is 0 Å². The van der Waals surface area contributed by atoms with E-state index >= 15 is 0 Å². The fourth-order valence-electron chi connectivity index (χ4n) is 0.473. The molecule has 0 amide bonds. The smallest absolute Gasteiger partial charge is 0.377 e. The molecule has 0 saturated heterocycles. The van der Waals surface area contributed by atoms with Gasteiger partial charge >= 0.3 is 5.97 Å². The first-order valence-corrected chi connectivity index (χ1v) is 3.04. The fourth-order valence-corrected chi connectivity index (χ4v) is 0.473. The zero-order chi connectivity index (χ0) is 8.69. The minimum atomic E-state index is -0.574. The second-order valence-electron chi connectivity index (χ2n) is 1.60. The van der Waals surface area contributed by atoms with E-state index in [1.54, 1.807) is 0 Å². The molecule has 0 aromatic carbocycles. The van der Waals surface area contributed by atoms with Crippen molar-refractivity contribution in [1.29, 1.82) is 0 Å². The van der Waals surface area contributed by atoms with Gasteiger partial charge in [0, 0.05) is 0 Å². The maximum atomic E-state index is 10.8. The molecule has 4 nitrogen and oxygen atoms in total. The summed E-state index contributed by atoms with van der Waals surface area (Å²) in [6.07, 6.45) is 1.91. The molecule has 0 N–H and O–H groups in total. The minimum absolute atomic E-state index is 0. The van der Waals surface area contributed by atoms with Crippen LogP contribution in [0.3, 0.4) is 0 Å². The summed E-state index contributed by atoms with van der Waals surface area (Å²) in [5.74, 6) is -0.555. The quantitative estimate of drug-likeness (QED) is 0.167. The van der Waals surface area contributed by atoms with Gasteiger partial charge in [0.25, 0.3) is 0 Å². The number of allylic oxidation sites excluding steroid dienone is 1. The van der Waals surface area contributed by atoms with Crippen molar-refractivity contribution in [1.82, 2.24) is 0 Å². The summed E-state index contributed by atoms with van der Waals surface area (Å²) in [6.45, 7) is 3.50. The molecule has 0 heterocycles. The van der Waals surface area contributed by atoms with Crippen molar-refractivity contribution in [3.8, 4) is 0 Å². The molecule has 0 aliphatic rings. The molecular formula is C7H11O4Rf-. The predicted octanol–water partition coefficient (Wildman–Crippen LogP) is 0.845. The summed E-state index contributed by atoms with van der Waals surface area (Å²) < 4.78 is 4.38. The number of carbonyl (C=O) groups excluding carboxylic acids is 1. The van der Waals surface area contributed by atoms with Gasteiger partial charge in [-0.15, -0.1) is 0 Å². The van der Waals surface area contributed by atoms with Crippen LogP contribution in [0.15, 0.2) is 11.8 Å². The third-order valence-corrected chi connectivity index (χ3v) is 0.889. The van der Waals surface area contributed by atoms with Gasteiger partial charge < -0.3 is 16.5 Å². The molecule has 0 fully saturated rings. The molecule has 0 aliphatic heterocycles. The van der Waals surface area contributed by atoms with Crippen molar-refractivity contribution in [3.63, 3.8) is 0 Å². The second-order valence-corrected chi connectivity index (χ2v) is 1.60. The van der Waals surface area contributed by atoms with Gasteiger partial charge in [-0.25, -0.2) is 4.79 Å². The largest absolute Gasteiger partial charge is 0.463 e. The van der Waals surface area contributed by atoms with Crippen molar-refractivity contribution >= 4 is 5.97 Å². The molecule has 0 unspecified atom stereocenters. The molecule has 66 valence electrons. The summed E-state index contributed by atoms with van der Waals surface area (Å²) in [7, 11) is 2.57. The average Bonchev–Trinajstić information content (AvgIpc) is 2.03. The summed E-state index contributed by atoms with van der Waals surface area (Å²) in [5.41, 5.74) is 0. The molecule has 0 aromatic heterocycles. The first-order chi connectivity index (χ1) is 5.26. The van der Waals surface area contributed by atoms with Crippen molar-refractivity contribution in [3.05, 3.63) is 18.8 Å².